The molecule has 0 bridgehead atoms. The summed E-state index contributed by atoms with van der Waals surface area (Å²) in [5.41, 5.74) is 5.66. The number of fused-ring (bicyclic) bond motifs is 1. The topological polar surface area (TPSA) is 200 Å². The van der Waals surface area contributed by atoms with Crippen molar-refractivity contribution in [3.05, 3.63) is 111 Å². The highest BCUT2D eigenvalue weighted by atomic mass is 35.5. The van der Waals surface area contributed by atoms with E-state index in [4.69, 9.17) is 22.1 Å². The van der Waals surface area contributed by atoms with Crippen LogP contribution in [0.15, 0.2) is 71.8 Å². The number of carbonyl (C=O) groups is 1. The predicted octanol–water partition coefficient (Wildman–Crippen LogP) is 4.09. The number of aromatic amines is 1. The minimum atomic E-state index is -1.18. The van der Waals surface area contributed by atoms with Gasteiger partial charge in [0.25, 0.3) is 5.56 Å². The molecule has 7 rings (SSSR count). The van der Waals surface area contributed by atoms with Crippen LogP contribution in [0.25, 0.3) is 28.2 Å². The van der Waals surface area contributed by atoms with Crippen LogP contribution in [0.2, 0.25) is 5.02 Å². The number of nitrogens with zero attached hydrogens (tertiary/aromatic N) is 7. The zero-order chi connectivity index (χ0) is 33.0. The molecule has 1 aliphatic rings. The van der Waals surface area contributed by atoms with E-state index in [1.165, 1.54) is 39.8 Å². The van der Waals surface area contributed by atoms with Crippen molar-refractivity contribution in [3.63, 3.8) is 0 Å². The number of nitrogen functional groups attached to an aromatic ring is 1. The zero-order valence-electron chi connectivity index (χ0n) is 23.7. The number of halogens is 3. The fourth-order valence-corrected chi connectivity index (χ4v) is 5.72. The molecule has 5 heterocycles. The van der Waals surface area contributed by atoms with Crippen molar-refractivity contribution in [2.45, 2.75) is 18.6 Å². The number of hydrogen-bond donors (Lipinski definition) is 4. The number of nitrogens with two attached hydrogens (primary N) is 1. The molecule has 0 amide bonds. The Balaban J connectivity index is 1.36. The van der Waals surface area contributed by atoms with Crippen molar-refractivity contribution < 1.29 is 28.5 Å². The molecular formula is C30H20ClF2N9O5. The number of phenols is 2. The fourth-order valence-electron chi connectivity index (χ4n) is 5.55. The molecule has 14 nitrogen and oxygen atoms in total. The Hall–Kier alpha value is -6.16. The van der Waals surface area contributed by atoms with E-state index >= 15 is 4.39 Å². The van der Waals surface area contributed by atoms with Crippen molar-refractivity contribution >= 4 is 23.4 Å². The number of hydrogen-bond acceptors (Lipinski definition) is 11. The number of rotatable bonds is 6. The molecule has 2 aromatic carbocycles. The third kappa shape index (κ3) is 5.29. The second-order valence-corrected chi connectivity index (χ2v) is 10.9. The van der Waals surface area contributed by atoms with Gasteiger partial charge in [-0.1, -0.05) is 11.6 Å². The first-order valence-corrected chi connectivity index (χ1v) is 14.2. The molecule has 0 spiro atoms. The van der Waals surface area contributed by atoms with Gasteiger partial charge in [-0.2, -0.15) is 18.4 Å². The number of nitrogens with one attached hydrogen (secondary N) is 1. The Morgan fingerprint density at radius 3 is 2.62 bits per heavy atom. The third-order valence-corrected chi connectivity index (χ3v) is 7.87. The van der Waals surface area contributed by atoms with E-state index in [0.29, 0.717) is 21.8 Å². The number of aromatic nitrogens is 8. The number of tetrazole rings is 1. The minimum absolute atomic E-state index is 0.0871. The van der Waals surface area contributed by atoms with Crippen LogP contribution in [0.3, 0.4) is 0 Å². The van der Waals surface area contributed by atoms with E-state index in [9.17, 15) is 24.2 Å². The van der Waals surface area contributed by atoms with Gasteiger partial charge in [-0.25, -0.2) is 9.78 Å². The number of esters is 1. The Morgan fingerprint density at radius 1 is 1.02 bits per heavy atom. The molecule has 0 fully saturated rings. The molecule has 17 heteroatoms. The number of carbonyl (C=O) groups excluding carboxylic acids is 1. The summed E-state index contributed by atoms with van der Waals surface area (Å²) in [6, 6.07) is 12.5. The maximum absolute atomic E-state index is 15.5. The predicted molar refractivity (Wildman–Crippen MR) is 161 cm³/mol. The summed E-state index contributed by atoms with van der Waals surface area (Å²) in [4.78, 5) is 37.3. The monoisotopic (exact) mass is 659 g/mol. The van der Waals surface area contributed by atoms with Gasteiger partial charge in [0.1, 0.15) is 41.1 Å². The number of imidazole rings is 1. The first-order chi connectivity index (χ1) is 22.6. The lowest BCUT2D eigenvalue weighted by Gasteiger charge is -2.16. The van der Waals surface area contributed by atoms with Gasteiger partial charge in [-0.15, -0.1) is 5.10 Å². The van der Waals surface area contributed by atoms with Gasteiger partial charge in [0.05, 0.1) is 28.7 Å². The average Bonchev–Trinajstić information content (AvgIpc) is 3.78. The molecule has 47 heavy (non-hydrogen) atoms. The first-order valence-electron chi connectivity index (χ1n) is 13.8. The SMILES string of the molecule is Nc1ccc(-c2nc(F)c([C@H]3CC(OC(=O)c4cc(O)ccc4O)c4cc(-c5cc(Cl)ccc5-n5cnnn5)cc(=O)n43)[nH]2)c(F)n1. The van der Waals surface area contributed by atoms with Crippen molar-refractivity contribution in [2.75, 3.05) is 5.73 Å². The molecule has 4 aromatic heterocycles. The lowest BCUT2D eigenvalue weighted by Crippen LogP contribution is -2.24. The molecule has 2 atom stereocenters. The number of phenolic OH excluding ortho intramolecular Hbond substituents is 2. The molecule has 0 saturated heterocycles. The van der Waals surface area contributed by atoms with Crippen LogP contribution in [-0.4, -0.2) is 55.9 Å². The van der Waals surface area contributed by atoms with Gasteiger partial charge >= 0.3 is 5.97 Å². The van der Waals surface area contributed by atoms with Crippen molar-refractivity contribution in [2.24, 2.45) is 0 Å². The number of benzene rings is 2. The Bertz CT molecular complexity index is 2260. The van der Waals surface area contributed by atoms with Gasteiger partial charge in [-0.05, 0) is 70.6 Å². The van der Waals surface area contributed by atoms with Crippen LogP contribution in [0.1, 0.15) is 40.3 Å². The largest absolute Gasteiger partial charge is 0.508 e. The molecule has 0 radical (unpaired) electrons. The highest BCUT2D eigenvalue weighted by Crippen LogP contribution is 2.43. The maximum Gasteiger partial charge on any atom is 0.342 e. The van der Waals surface area contributed by atoms with E-state index in [1.54, 1.807) is 24.3 Å². The van der Waals surface area contributed by atoms with Gasteiger partial charge in [-0.3, -0.25) is 9.36 Å². The Kier molecular flexibility index (Phi) is 7.12. The van der Waals surface area contributed by atoms with E-state index in [-0.39, 0.29) is 46.3 Å². The summed E-state index contributed by atoms with van der Waals surface area (Å²) >= 11 is 6.32. The lowest BCUT2D eigenvalue weighted by atomic mass is 10.0. The highest BCUT2D eigenvalue weighted by molar-refractivity contribution is 6.31. The summed E-state index contributed by atoms with van der Waals surface area (Å²) < 4.78 is 38.5. The van der Waals surface area contributed by atoms with E-state index in [1.807, 2.05) is 0 Å². The lowest BCUT2D eigenvalue weighted by molar-refractivity contribution is 0.0290. The molecular weight excluding hydrogens is 640 g/mol. The summed E-state index contributed by atoms with van der Waals surface area (Å²) in [5.74, 6) is -4.09. The molecule has 0 aliphatic carbocycles. The van der Waals surface area contributed by atoms with E-state index in [2.05, 4.69) is 30.5 Å². The van der Waals surface area contributed by atoms with E-state index < -0.39 is 41.3 Å². The van der Waals surface area contributed by atoms with Crippen LogP contribution in [0, 0.1) is 11.9 Å². The number of anilines is 1. The van der Waals surface area contributed by atoms with E-state index in [0.717, 1.165) is 12.1 Å². The van der Waals surface area contributed by atoms with Gasteiger partial charge in [0, 0.05) is 23.1 Å². The van der Waals surface area contributed by atoms with Crippen molar-refractivity contribution in [3.8, 4) is 39.7 Å². The van der Waals surface area contributed by atoms with Crippen LogP contribution in [-0.2, 0) is 4.74 Å². The second-order valence-electron chi connectivity index (χ2n) is 10.5. The molecule has 236 valence electrons. The molecule has 6 aromatic rings. The first kappa shape index (κ1) is 29.5. The second kappa shape index (κ2) is 11.3. The molecule has 1 aliphatic heterocycles. The summed E-state index contributed by atoms with van der Waals surface area (Å²) in [6.45, 7) is 0. The normalized spacial score (nSPS) is 15.5. The number of H-pyrrole nitrogens is 1. The maximum atomic E-state index is 15.5. The molecule has 5 N–H and O–H groups in total. The van der Waals surface area contributed by atoms with Crippen LogP contribution >= 0.6 is 11.6 Å². The summed E-state index contributed by atoms with van der Waals surface area (Å²) in [7, 11) is 0. The molecule has 0 saturated carbocycles. The Labute approximate surface area is 266 Å². The quantitative estimate of drug-likeness (QED) is 0.114. The number of pyridine rings is 2. The Morgan fingerprint density at radius 2 is 1.85 bits per heavy atom. The number of aromatic hydroxyl groups is 2. The van der Waals surface area contributed by atoms with Crippen molar-refractivity contribution in [1.29, 1.82) is 0 Å². The highest BCUT2D eigenvalue weighted by Gasteiger charge is 2.39. The van der Waals surface area contributed by atoms with Crippen LogP contribution < -0.4 is 11.3 Å². The average molecular weight is 660 g/mol. The fraction of sp³-hybridized carbons (Fsp3) is 0.100. The number of ether oxygens (including phenoxy) is 1. The summed E-state index contributed by atoms with van der Waals surface area (Å²) in [6.07, 6.45) is 0.00647. The van der Waals surface area contributed by atoms with Crippen LogP contribution in [0.4, 0.5) is 14.6 Å². The zero-order valence-corrected chi connectivity index (χ0v) is 24.4. The van der Waals surface area contributed by atoms with Gasteiger partial charge in [0.2, 0.25) is 11.9 Å². The van der Waals surface area contributed by atoms with Gasteiger partial charge < -0.3 is 25.7 Å². The third-order valence-electron chi connectivity index (χ3n) is 7.64. The summed E-state index contributed by atoms with van der Waals surface area (Å²) in [5, 5.41) is 31.8. The van der Waals surface area contributed by atoms with Crippen molar-refractivity contribution in [1.82, 2.24) is 39.7 Å². The molecule has 1 unspecified atom stereocenters. The minimum Gasteiger partial charge on any atom is -0.508 e. The smallest absolute Gasteiger partial charge is 0.342 e. The van der Waals surface area contributed by atoms with Gasteiger partial charge in [0.15, 0.2) is 0 Å². The van der Waals surface area contributed by atoms with Crippen LogP contribution in [0.5, 0.6) is 11.5 Å². The standard InChI is InChI=1S/C30H20ClF2N9O5/c31-14-1-4-19(41-12-35-39-40-41)17(9-14)13-7-20-23(47-30(46)18-10-15(43)2-5-22(18)44)11-21(42(20)25(45)8-13)26-28(33)38-29(37-26)16-3-6-24(34)36-27(16)32/h1-10,12,21,23,43-44H,11H2,(H2,34,36)(H,37,38)/t21-,23?/m1/s1.